The third kappa shape index (κ3) is 4.92. The second-order valence-corrected chi connectivity index (χ2v) is 5.39. The SMILES string of the molecule is CC(C)(C)OC(=O)c1cccc(CC(=O)CS)c1. The van der Waals surface area contributed by atoms with E-state index in [9.17, 15) is 9.59 Å². The molecular weight excluding hydrogens is 248 g/mol. The van der Waals surface area contributed by atoms with Crippen LogP contribution >= 0.6 is 12.6 Å². The van der Waals surface area contributed by atoms with E-state index in [0.717, 1.165) is 5.56 Å². The van der Waals surface area contributed by atoms with Gasteiger partial charge in [-0.2, -0.15) is 12.6 Å². The fraction of sp³-hybridized carbons (Fsp3) is 0.429. The minimum Gasteiger partial charge on any atom is -0.456 e. The Morgan fingerprint density at radius 1 is 1.28 bits per heavy atom. The summed E-state index contributed by atoms with van der Waals surface area (Å²) in [6.45, 7) is 5.46. The highest BCUT2D eigenvalue weighted by molar-refractivity contribution is 7.81. The molecule has 0 fully saturated rings. The Bertz CT molecular complexity index is 447. The summed E-state index contributed by atoms with van der Waals surface area (Å²) in [4.78, 5) is 23.1. The molecule has 1 rings (SSSR count). The molecule has 1 aromatic rings. The molecule has 0 amide bonds. The van der Waals surface area contributed by atoms with Gasteiger partial charge in [0.05, 0.1) is 5.56 Å². The van der Waals surface area contributed by atoms with Crippen LogP contribution < -0.4 is 0 Å². The summed E-state index contributed by atoms with van der Waals surface area (Å²) in [7, 11) is 0. The predicted molar refractivity (Wildman–Crippen MR) is 74.2 cm³/mol. The van der Waals surface area contributed by atoms with Gasteiger partial charge < -0.3 is 4.74 Å². The number of rotatable bonds is 4. The summed E-state index contributed by atoms with van der Waals surface area (Å²) in [5.74, 6) is -0.140. The van der Waals surface area contributed by atoms with E-state index in [1.165, 1.54) is 0 Å². The van der Waals surface area contributed by atoms with E-state index in [-0.39, 0.29) is 17.5 Å². The maximum absolute atomic E-state index is 11.8. The highest BCUT2D eigenvalue weighted by Gasteiger charge is 2.18. The number of ketones is 1. The highest BCUT2D eigenvalue weighted by atomic mass is 32.1. The standard InChI is InChI=1S/C14H18O3S/c1-14(2,3)17-13(16)11-6-4-5-10(7-11)8-12(15)9-18/h4-7,18H,8-9H2,1-3H3. The molecule has 0 atom stereocenters. The fourth-order valence-corrected chi connectivity index (χ4v) is 1.54. The summed E-state index contributed by atoms with van der Waals surface area (Å²) < 4.78 is 5.27. The van der Waals surface area contributed by atoms with E-state index in [0.29, 0.717) is 12.0 Å². The lowest BCUT2D eigenvalue weighted by atomic mass is 10.1. The molecule has 0 radical (unpaired) electrons. The minimum atomic E-state index is -0.520. The molecule has 0 aromatic heterocycles. The van der Waals surface area contributed by atoms with Gasteiger partial charge in [0.25, 0.3) is 0 Å². The van der Waals surface area contributed by atoms with Crippen molar-refractivity contribution in [2.45, 2.75) is 32.8 Å². The monoisotopic (exact) mass is 266 g/mol. The van der Waals surface area contributed by atoms with Gasteiger partial charge in [-0.3, -0.25) is 4.79 Å². The summed E-state index contributed by atoms with van der Waals surface area (Å²) in [6.07, 6.45) is 0.292. The molecule has 0 unspecified atom stereocenters. The smallest absolute Gasteiger partial charge is 0.338 e. The number of thiol groups is 1. The topological polar surface area (TPSA) is 43.4 Å². The summed E-state index contributed by atoms with van der Waals surface area (Å²) in [5.41, 5.74) is 0.750. The number of Topliss-reactive ketones (excluding diaryl/α,β-unsaturated/α-hetero) is 1. The molecule has 98 valence electrons. The maximum Gasteiger partial charge on any atom is 0.338 e. The lowest BCUT2D eigenvalue weighted by molar-refractivity contribution is -0.115. The van der Waals surface area contributed by atoms with Crippen molar-refractivity contribution in [3.05, 3.63) is 35.4 Å². The van der Waals surface area contributed by atoms with Crippen LogP contribution in [0.4, 0.5) is 0 Å². The van der Waals surface area contributed by atoms with Gasteiger partial charge in [0.2, 0.25) is 0 Å². The van der Waals surface area contributed by atoms with Crippen molar-refractivity contribution in [1.82, 2.24) is 0 Å². The molecule has 18 heavy (non-hydrogen) atoms. The molecule has 0 spiro atoms. The Balaban J connectivity index is 2.82. The molecule has 0 bridgehead atoms. The van der Waals surface area contributed by atoms with E-state index in [1.807, 2.05) is 26.8 Å². The molecular formula is C14H18O3S. The molecule has 4 heteroatoms. The molecule has 0 N–H and O–H groups in total. The van der Waals surface area contributed by atoms with Gasteiger partial charge in [-0.15, -0.1) is 0 Å². The Kier molecular flexibility index (Phi) is 4.96. The van der Waals surface area contributed by atoms with Crippen LogP contribution in [0.15, 0.2) is 24.3 Å². The van der Waals surface area contributed by atoms with E-state index in [4.69, 9.17) is 4.74 Å². The Hall–Kier alpha value is -1.29. The van der Waals surface area contributed by atoms with Gasteiger partial charge >= 0.3 is 5.97 Å². The van der Waals surface area contributed by atoms with Crippen molar-refractivity contribution in [2.24, 2.45) is 0 Å². The van der Waals surface area contributed by atoms with Crippen LogP contribution in [0, 0.1) is 0 Å². The third-order valence-corrected chi connectivity index (χ3v) is 2.49. The number of hydrogen-bond acceptors (Lipinski definition) is 4. The number of carbonyl (C=O) groups excluding carboxylic acids is 2. The molecule has 0 aliphatic carbocycles. The Labute approximate surface area is 113 Å². The number of carbonyl (C=O) groups is 2. The quantitative estimate of drug-likeness (QED) is 0.673. The number of esters is 1. The lowest BCUT2D eigenvalue weighted by Gasteiger charge is -2.19. The van der Waals surface area contributed by atoms with Crippen LogP contribution in [0.2, 0.25) is 0 Å². The van der Waals surface area contributed by atoms with Gasteiger partial charge in [0, 0.05) is 12.2 Å². The van der Waals surface area contributed by atoms with Gasteiger partial charge in [-0.25, -0.2) is 4.79 Å². The normalized spacial score (nSPS) is 11.1. The zero-order valence-corrected chi connectivity index (χ0v) is 11.8. The first kappa shape index (κ1) is 14.8. The first-order chi connectivity index (χ1) is 8.31. The number of ether oxygens (including phenoxy) is 1. The zero-order chi connectivity index (χ0) is 13.8. The van der Waals surface area contributed by atoms with Crippen LogP contribution in [-0.2, 0) is 16.0 Å². The van der Waals surface area contributed by atoms with Crippen molar-refractivity contribution >= 4 is 24.4 Å². The van der Waals surface area contributed by atoms with Crippen molar-refractivity contribution in [3.63, 3.8) is 0 Å². The van der Waals surface area contributed by atoms with Crippen LogP contribution in [0.3, 0.4) is 0 Å². The fourth-order valence-electron chi connectivity index (χ4n) is 1.43. The van der Waals surface area contributed by atoms with Crippen LogP contribution in [0.5, 0.6) is 0 Å². The Morgan fingerprint density at radius 2 is 1.94 bits per heavy atom. The zero-order valence-electron chi connectivity index (χ0n) is 10.9. The van der Waals surface area contributed by atoms with Crippen molar-refractivity contribution in [2.75, 3.05) is 5.75 Å². The van der Waals surface area contributed by atoms with E-state index >= 15 is 0 Å². The summed E-state index contributed by atoms with van der Waals surface area (Å²) >= 11 is 3.93. The second-order valence-electron chi connectivity index (χ2n) is 5.08. The highest BCUT2D eigenvalue weighted by Crippen LogP contribution is 2.13. The Morgan fingerprint density at radius 3 is 2.50 bits per heavy atom. The summed E-state index contributed by atoms with van der Waals surface area (Å²) in [5, 5.41) is 0. The molecule has 0 aliphatic heterocycles. The first-order valence-corrected chi connectivity index (χ1v) is 6.40. The largest absolute Gasteiger partial charge is 0.456 e. The van der Waals surface area contributed by atoms with Crippen LogP contribution in [0.25, 0.3) is 0 Å². The molecule has 1 aromatic carbocycles. The van der Waals surface area contributed by atoms with E-state index in [1.54, 1.807) is 18.2 Å². The molecule has 0 heterocycles. The minimum absolute atomic E-state index is 0.0275. The maximum atomic E-state index is 11.8. The average Bonchev–Trinajstić information content (AvgIpc) is 2.27. The number of hydrogen-bond donors (Lipinski definition) is 1. The first-order valence-electron chi connectivity index (χ1n) is 5.76. The average molecular weight is 266 g/mol. The van der Waals surface area contributed by atoms with Gasteiger partial charge in [-0.1, -0.05) is 12.1 Å². The van der Waals surface area contributed by atoms with E-state index < -0.39 is 5.60 Å². The van der Waals surface area contributed by atoms with E-state index in [2.05, 4.69) is 12.6 Å². The molecule has 0 aliphatic rings. The predicted octanol–water partition coefficient (Wildman–Crippen LogP) is 2.68. The van der Waals surface area contributed by atoms with Gasteiger partial charge in [0.1, 0.15) is 11.4 Å². The summed E-state index contributed by atoms with van der Waals surface area (Å²) in [6, 6.07) is 6.94. The molecule has 3 nitrogen and oxygen atoms in total. The van der Waals surface area contributed by atoms with Crippen molar-refractivity contribution in [3.8, 4) is 0 Å². The number of benzene rings is 1. The molecule has 0 saturated heterocycles. The second kappa shape index (κ2) is 6.05. The van der Waals surface area contributed by atoms with Gasteiger partial charge in [0.15, 0.2) is 0 Å². The third-order valence-electron chi connectivity index (χ3n) is 2.14. The van der Waals surface area contributed by atoms with Gasteiger partial charge in [-0.05, 0) is 38.5 Å². The van der Waals surface area contributed by atoms with Crippen molar-refractivity contribution < 1.29 is 14.3 Å². The van der Waals surface area contributed by atoms with Crippen LogP contribution in [-0.4, -0.2) is 23.1 Å². The van der Waals surface area contributed by atoms with Crippen LogP contribution in [0.1, 0.15) is 36.7 Å². The van der Waals surface area contributed by atoms with Crippen molar-refractivity contribution in [1.29, 1.82) is 0 Å². The lowest BCUT2D eigenvalue weighted by Crippen LogP contribution is -2.24. The molecule has 0 saturated carbocycles.